The van der Waals surface area contributed by atoms with Crippen LogP contribution < -0.4 is 14.8 Å². The van der Waals surface area contributed by atoms with Gasteiger partial charge in [0.05, 0.1) is 12.8 Å². The van der Waals surface area contributed by atoms with E-state index in [1.807, 2.05) is 53.9 Å². The molecule has 1 N–H and O–H groups in total. The third-order valence-electron chi connectivity index (χ3n) is 4.58. The SMILES string of the molecule is COc1cccc([C@@H]2CC(=O)Nc3ccsc32)c1OCc1ccc(Cl)cc1. The van der Waals surface area contributed by atoms with E-state index < -0.39 is 0 Å². The third-order valence-corrected chi connectivity index (χ3v) is 5.86. The smallest absolute Gasteiger partial charge is 0.225 e. The number of benzene rings is 2. The van der Waals surface area contributed by atoms with Crippen molar-refractivity contribution in [1.82, 2.24) is 0 Å². The topological polar surface area (TPSA) is 47.6 Å². The molecule has 0 aliphatic carbocycles. The summed E-state index contributed by atoms with van der Waals surface area (Å²) in [6, 6.07) is 15.3. The van der Waals surface area contributed by atoms with Crippen LogP contribution in [0.2, 0.25) is 5.02 Å². The number of rotatable bonds is 5. The molecule has 2 aromatic carbocycles. The maximum atomic E-state index is 12.2. The van der Waals surface area contributed by atoms with Crippen molar-refractivity contribution in [1.29, 1.82) is 0 Å². The summed E-state index contributed by atoms with van der Waals surface area (Å²) in [6.45, 7) is 0.390. The first-order valence-corrected chi connectivity index (χ1v) is 9.83. The number of ether oxygens (including phenoxy) is 2. The molecule has 0 fully saturated rings. The molecular weight excluding hydrogens is 382 g/mol. The number of methoxy groups -OCH3 is 1. The lowest BCUT2D eigenvalue weighted by Crippen LogP contribution is -2.22. The number of hydrogen-bond acceptors (Lipinski definition) is 4. The second-order valence-electron chi connectivity index (χ2n) is 6.30. The zero-order chi connectivity index (χ0) is 18.8. The summed E-state index contributed by atoms with van der Waals surface area (Å²) < 4.78 is 11.7. The van der Waals surface area contributed by atoms with Gasteiger partial charge in [0.2, 0.25) is 5.91 Å². The van der Waals surface area contributed by atoms with Gasteiger partial charge in [0.25, 0.3) is 0 Å². The highest BCUT2D eigenvalue weighted by atomic mass is 35.5. The van der Waals surface area contributed by atoms with Gasteiger partial charge in [-0.2, -0.15) is 0 Å². The number of carbonyl (C=O) groups is 1. The minimum atomic E-state index is -0.0518. The summed E-state index contributed by atoms with van der Waals surface area (Å²) in [5.41, 5.74) is 2.85. The average Bonchev–Trinajstić information content (AvgIpc) is 3.15. The Balaban J connectivity index is 1.69. The molecule has 0 bridgehead atoms. The molecule has 0 saturated heterocycles. The van der Waals surface area contributed by atoms with Gasteiger partial charge in [-0.05, 0) is 35.2 Å². The van der Waals surface area contributed by atoms with Crippen molar-refractivity contribution in [3.05, 3.63) is 74.9 Å². The normalized spacial score (nSPS) is 15.8. The first kappa shape index (κ1) is 17.9. The number of nitrogens with one attached hydrogen (secondary N) is 1. The van der Waals surface area contributed by atoms with Crippen LogP contribution in [0.15, 0.2) is 53.9 Å². The molecule has 0 radical (unpaired) electrons. The monoisotopic (exact) mass is 399 g/mol. The fourth-order valence-electron chi connectivity index (χ4n) is 3.28. The largest absolute Gasteiger partial charge is 0.493 e. The van der Waals surface area contributed by atoms with Crippen molar-refractivity contribution in [2.45, 2.75) is 18.9 Å². The van der Waals surface area contributed by atoms with Crippen molar-refractivity contribution in [2.75, 3.05) is 12.4 Å². The molecule has 1 amide bonds. The molecule has 0 spiro atoms. The number of amides is 1. The van der Waals surface area contributed by atoms with Crippen molar-refractivity contribution in [2.24, 2.45) is 0 Å². The molecule has 27 heavy (non-hydrogen) atoms. The summed E-state index contributed by atoms with van der Waals surface area (Å²) in [7, 11) is 1.62. The predicted molar refractivity (Wildman–Crippen MR) is 108 cm³/mol. The van der Waals surface area contributed by atoms with Crippen molar-refractivity contribution in [3.63, 3.8) is 0 Å². The van der Waals surface area contributed by atoms with Gasteiger partial charge in [-0.15, -0.1) is 11.3 Å². The number of carbonyl (C=O) groups excluding carboxylic acids is 1. The standard InChI is InChI=1S/C21H18ClNO3S/c1-25-18-4-2-3-15(16-11-19(24)23-17-9-10-27-21(16)17)20(18)26-12-13-5-7-14(22)8-6-13/h2-10,16H,11-12H2,1H3,(H,23,24)/t16-/m0/s1. The van der Waals surface area contributed by atoms with Gasteiger partial charge in [-0.25, -0.2) is 0 Å². The van der Waals surface area contributed by atoms with Crippen LogP contribution in [0.4, 0.5) is 5.69 Å². The summed E-state index contributed by atoms with van der Waals surface area (Å²) in [5, 5.41) is 5.63. The van der Waals surface area contributed by atoms with Crippen molar-refractivity contribution in [3.8, 4) is 11.5 Å². The Labute approximate surface area is 166 Å². The maximum absolute atomic E-state index is 12.2. The van der Waals surface area contributed by atoms with Crippen LogP contribution in [0.25, 0.3) is 0 Å². The Bertz CT molecular complexity index is 968. The molecule has 1 aliphatic heterocycles. The summed E-state index contributed by atoms with van der Waals surface area (Å²) in [6.07, 6.45) is 0.387. The minimum absolute atomic E-state index is 0.0115. The van der Waals surface area contributed by atoms with Gasteiger partial charge >= 0.3 is 0 Å². The fraction of sp³-hybridized carbons (Fsp3) is 0.190. The van der Waals surface area contributed by atoms with Crippen LogP contribution in [-0.4, -0.2) is 13.0 Å². The quantitative estimate of drug-likeness (QED) is 0.619. The Kier molecular flexibility index (Phi) is 5.05. The van der Waals surface area contributed by atoms with E-state index in [0.717, 1.165) is 21.7 Å². The molecule has 6 heteroatoms. The fourth-order valence-corrected chi connectivity index (χ4v) is 4.38. The first-order chi connectivity index (χ1) is 13.2. The third kappa shape index (κ3) is 3.66. The van der Waals surface area contributed by atoms with Crippen LogP contribution in [0.3, 0.4) is 0 Å². The lowest BCUT2D eigenvalue weighted by molar-refractivity contribution is -0.116. The van der Waals surface area contributed by atoms with Crippen molar-refractivity contribution >= 4 is 34.5 Å². The highest BCUT2D eigenvalue weighted by Crippen LogP contribution is 2.46. The molecule has 1 aliphatic rings. The molecular formula is C21H18ClNO3S. The van der Waals surface area contributed by atoms with Gasteiger partial charge in [-0.3, -0.25) is 4.79 Å². The van der Waals surface area contributed by atoms with Gasteiger partial charge in [-0.1, -0.05) is 35.9 Å². The second-order valence-corrected chi connectivity index (χ2v) is 7.68. The lowest BCUT2D eigenvalue weighted by atomic mass is 9.89. The Hall–Kier alpha value is -2.50. The highest BCUT2D eigenvalue weighted by Gasteiger charge is 2.30. The molecule has 1 atom stereocenters. The summed E-state index contributed by atoms with van der Waals surface area (Å²) in [5.74, 6) is 1.29. The molecule has 4 rings (SSSR count). The molecule has 0 saturated carbocycles. The number of halogens is 1. The van der Waals surface area contributed by atoms with Crippen LogP contribution in [-0.2, 0) is 11.4 Å². The Morgan fingerprint density at radius 3 is 2.78 bits per heavy atom. The van der Waals surface area contributed by atoms with E-state index >= 15 is 0 Å². The average molecular weight is 400 g/mol. The van der Waals surface area contributed by atoms with Gasteiger partial charge in [0.15, 0.2) is 11.5 Å². The van der Waals surface area contributed by atoms with E-state index in [0.29, 0.717) is 29.5 Å². The van der Waals surface area contributed by atoms with E-state index in [-0.39, 0.29) is 11.8 Å². The highest BCUT2D eigenvalue weighted by molar-refractivity contribution is 7.10. The van der Waals surface area contributed by atoms with Gasteiger partial charge < -0.3 is 14.8 Å². The predicted octanol–water partition coefficient (Wildman–Crippen LogP) is 5.46. The number of fused-ring (bicyclic) bond motifs is 1. The van der Waals surface area contributed by atoms with Gasteiger partial charge in [0, 0.05) is 27.8 Å². The van der Waals surface area contributed by atoms with E-state index in [2.05, 4.69) is 5.32 Å². The van der Waals surface area contributed by atoms with Gasteiger partial charge in [0.1, 0.15) is 6.61 Å². The van der Waals surface area contributed by atoms with Crippen LogP contribution in [0.5, 0.6) is 11.5 Å². The van der Waals surface area contributed by atoms with Crippen LogP contribution in [0, 0.1) is 0 Å². The molecule has 3 aromatic rings. The van der Waals surface area contributed by atoms with E-state index in [1.54, 1.807) is 18.4 Å². The minimum Gasteiger partial charge on any atom is -0.493 e. The van der Waals surface area contributed by atoms with E-state index in [4.69, 9.17) is 21.1 Å². The number of anilines is 1. The lowest BCUT2D eigenvalue weighted by Gasteiger charge is -2.25. The Morgan fingerprint density at radius 2 is 2.00 bits per heavy atom. The zero-order valence-corrected chi connectivity index (χ0v) is 16.3. The van der Waals surface area contributed by atoms with E-state index in [9.17, 15) is 4.79 Å². The number of thiophene rings is 1. The van der Waals surface area contributed by atoms with Crippen LogP contribution in [0.1, 0.15) is 28.3 Å². The summed E-state index contributed by atoms with van der Waals surface area (Å²) in [4.78, 5) is 13.3. The van der Waals surface area contributed by atoms with Crippen molar-refractivity contribution < 1.29 is 14.3 Å². The number of hydrogen-bond donors (Lipinski definition) is 1. The molecule has 0 unspecified atom stereocenters. The van der Waals surface area contributed by atoms with Crippen LogP contribution >= 0.6 is 22.9 Å². The molecule has 4 nitrogen and oxygen atoms in total. The summed E-state index contributed by atoms with van der Waals surface area (Å²) >= 11 is 7.60. The molecule has 1 aromatic heterocycles. The first-order valence-electron chi connectivity index (χ1n) is 8.57. The van der Waals surface area contributed by atoms with E-state index in [1.165, 1.54) is 0 Å². The Morgan fingerprint density at radius 1 is 1.19 bits per heavy atom. The second kappa shape index (κ2) is 7.62. The molecule has 2 heterocycles. The number of para-hydroxylation sites is 1. The maximum Gasteiger partial charge on any atom is 0.225 e. The molecule has 138 valence electrons. The zero-order valence-electron chi connectivity index (χ0n) is 14.7.